The Kier molecular flexibility index (Phi) is 6.02. The van der Waals surface area contributed by atoms with Crippen LogP contribution in [0, 0.1) is 11.3 Å². The summed E-state index contributed by atoms with van der Waals surface area (Å²) >= 11 is 0. The number of carbonyl (C=O) groups excluding carboxylic acids is 1. The maximum Gasteiger partial charge on any atom is 0.218 e. The summed E-state index contributed by atoms with van der Waals surface area (Å²) in [5, 5.41) is 8.42. The zero-order valence-corrected chi connectivity index (χ0v) is 7.42. The second-order valence-electron chi connectivity index (χ2n) is 2.65. The van der Waals surface area contributed by atoms with Gasteiger partial charge in [-0.1, -0.05) is 6.92 Å². The lowest BCUT2D eigenvalue weighted by atomic mass is 10.3. The molecule has 0 atom stereocenters. The lowest BCUT2D eigenvalue weighted by Crippen LogP contribution is -2.29. The summed E-state index contributed by atoms with van der Waals surface area (Å²) in [7, 11) is 0. The molecule has 4 nitrogen and oxygen atoms in total. The molecule has 0 aromatic carbocycles. The van der Waals surface area contributed by atoms with Crippen LogP contribution in [-0.2, 0) is 4.79 Å². The fourth-order valence-corrected chi connectivity index (χ4v) is 0.954. The van der Waals surface area contributed by atoms with Gasteiger partial charge in [0.2, 0.25) is 5.91 Å². The van der Waals surface area contributed by atoms with Gasteiger partial charge in [0.15, 0.2) is 0 Å². The third-order valence-corrected chi connectivity index (χ3v) is 1.51. The lowest BCUT2D eigenvalue weighted by molar-refractivity contribution is -0.118. The van der Waals surface area contributed by atoms with Gasteiger partial charge in [-0.05, 0) is 13.0 Å². The first kappa shape index (κ1) is 10.9. The van der Waals surface area contributed by atoms with E-state index in [0.717, 1.165) is 13.0 Å². The summed E-state index contributed by atoms with van der Waals surface area (Å²) in [6.45, 7) is 3.85. The number of nitrogens with zero attached hydrogens (tertiary/aromatic N) is 2. The van der Waals surface area contributed by atoms with E-state index in [1.807, 2.05) is 11.8 Å². The SMILES string of the molecule is CCCN(CC#N)CCC(N)=O. The number of amides is 1. The first-order valence-corrected chi connectivity index (χ1v) is 4.08. The number of carbonyl (C=O) groups is 1. The molecule has 0 spiro atoms. The van der Waals surface area contributed by atoms with E-state index in [1.54, 1.807) is 0 Å². The monoisotopic (exact) mass is 169 g/mol. The molecule has 0 saturated carbocycles. The molecule has 0 aromatic heterocycles. The third-order valence-electron chi connectivity index (χ3n) is 1.51. The standard InChI is InChI=1S/C8H15N3O/c1-2-5-11(7-4-9)6-3-8(10)12/h2-3,5-7H2,1H3,(H2,10,12). The van der Waals surface area contributed by atoms with E-state index in [4.69, 9.17) is 11.0 Å². The molecule has 0 aromatic rings. The van der Waals surface area contributed by atoms with Crippen LogP contribution < -0.4 is 5.73 Å². The number of hydrogen-bond acceptors (Lipinski definition) is 3. The van der Waals surface area contributed by atoms with Gasteiger partial charge in [-0.25, -0.2) is 0 Å². The molecule has 2 N–H and O–H groups in total. The van der Waals surface area contributed by atoms with E-state index >= 15 is 0 Å². The van der Waals surface area contributed by atoms with Gasteiger partial charge < -0.3 is 5.73 Å². The van der Waals surface area contributed by atoms with Gasteiger partial charge in [0.1, 0.15) is 0 Å². The lowest BCUT2D eigenvalue weighted by Gasteiger charge is -2.16. The van der Waals surface area contributed by atoms with Crippen LogP contribution in [0.1, 0.15) is 19.8 Å². The maximum atomic E-state index is 10.4. The van der Waals surface area contributed by atoms with Gasteiger partial charge in [0.25, 0.3) is 0 Å². The normalized spacial score (nSPS) is 9.75. The molecular weight excluding hydrogens is 154 g/mol. The highest BCUT2D eigenvalue weighted by atomic mass is 16.1. The van der Waals surface area contributed by atoms with Crippen LogP contribution in [0.15, 0.2) is 0 Å². The highest BCUT2D eigenvalue weighted by Gasteiger charge is 2.03. The van der Waals surface area contributed by atoms with Gasteiger partial charge in [0, 0.05) is 13.0 Å². The zero-order chi connectivity index (χ0) is 9.40. The topological polar surface area (TPSA) is 70.1 Å². The van der Waals surface area contributed by atoms with Gasteiger partial charge in [-0.15, -0.1) is 0 Å². The fraction of sp³-hybridized carbons (Fsp3) is 0.750. The molecule has 0 bridgehead atoms. The number of nitrogens with two attached hydrogens (primary N) is 1. The highest BCUT2D eigenvalue weighted by molar-refractivity contribution is 5.73. The molecule has 68 valence electrons. The van der Waals surface area contributed by atoms with Crippen molar-refractivity contribution >= 4 is 5.91 Å². The Morgan fingerprint density at radius 1 is 1.58 bits per heavy atom. The highest BCUT2D eigenvalue weighted by Crippen LogP contribution is 1.92. The van der Waals surface area contributed by atoms with Crippen LogP contribution >= 0.6 is 0 Å². The summed E-state index contributed by atoms with van der Waals surface area (Å²) < 4.78 is 0. The van der Waals surface area contributed by atoms with Crippen LogP contribution in [0.25, 0.3) is 0 Å². The molecule has 0 aliphatic heterocycles. The predicted octanol–water partition coefficient (Wildman–Crippen LogP) is 0.0974. The second kappa shape index (κ2) is 6.62. The van der Waals surface area contributed by atoms with E-state index in [1.165, 1.54) is 0 Å². The van der Waals surface area contributed by atoms with Crippen molar-refractivity contribution in [1.29, 1.82) is 5.26 Å². The van der Waals surface area contributed by atoms with Crippen molar-refractivity contribution < 1.29 is 4.79 Å². The summed E-state index contributed by atoms with van der Waals surface area (Å²) in [6, 6.07) is 2.05. The third kappa shape index (κ3) is 5.69. The maximum absolute atomic E-state index is 10.4. The minimum absolute atomic E-state index is 0.311. The first-order valence-electron chi connectivity index (χ1n) is 4.08. The number of nitriles is 1. The molecule has 0 rings (SSSR count). The van der Waals surface area contributed by atoms with Crippen molar-refractivity contribution in [3.8, 4) is 6.07 Å². The summed E-state index contributed by atoms with van der Waals surface area (Å²) in [4.78, 5) is 12.3. The van der Waals surface area contributed by atoms with Gasteiger partial charge >= 0.3 is 0 Å². The Bertz CT molecular complexity index is 174. The van der Waals surface area contributed by atoms with Crippen molar-refractivity contribution in [2.75, 3.05) is 19.6 Å². The van der Waals surface area contributed by atoms with Crippen molar-refractivity contribution in [2.45, 2.75) is 19.8 Å². The van der Waals surface area contributed by atoms with Crippen LogP contribution in [0.2, 0.25) is 0 Å². The fourth-order valence-electron chi connectivity index (χ4n) is 0.954. The first-order chi connectivity index (χ1) is 5.70. The second-order valence-corrected chi connectivity index (χ2v) is 2.65. The molecule has 4 heteroatoms. The molecule has 0 radical (unpaired) electrons. The van der Waals surface area contributed by atoms with E-state index in [2.05, 4.69) is 6.07 Å². The van der Waals surface area contributed by atoms with Crippen LogP contribution in [-0.4, -0.2) is 30.4 Å². The van der Waals surface area contributed by atoms with Crippen molar-refractivity contribution in [3.05, 3.63) is 0 Å². The molecule has 0 aliphatic carbocycles. The van der Waals surface area contributed by atoms with Gasteiger partial charge in [-0.3, -0.25) is 9.69 Å². The van der Waals surface area contributed by atoms with Crippen molar-refractivity contribution in [3.63, 3.8) is 0 Å². The summed E-state index contributed by atoms with van der Waals surface area (Å²) in [5.41, 5.74) is 4.98. The average molecular weight is 169 g/mol. The smallest absolute Gasteiger partial charge is 0.218 e. The van der Waals surface area contributed by atoms with E-state index < -0.39 is 0 Å². The van der Waals surface area contributed by atoms with Crippen LogP contribution in [0.5, 0.6) is 0 Å². The Balaban J connectivity index is 3.64. The average Bonchev–Trinajstić information content (AvgIpc) is 2.01. The predicted molar refractivity (Wildman–Crippen MR) is 46.2 cm³/mol. The minimum atomic E-state index is -0.311. The van der Waals surface area contributed by atoms with Crippen molar-refractivity contribution in [1.82, 2.24) is 4.90 Å². The van der Waals surface area contributed by atoms with Crippen LogP contribution in [0.4, 0.5) is 0 Å². The molecule has 1 amide bonds. The molecule has 0 saturated heterocycles. The van der Waals surface area contributed by atoms with Crippen LogP contribution in [0.3, 0.4) is 0 Å². The zero-order valence-electron chi connectivity index (χ0n) is 7.42. The van der Waals surface area contributed by atoms with E-state index in [0.29, 0.717) is 19.5 Å². The molecule has 0 unspecified atom stereocenters. The van der Waals surface area contributed by atoms with Gasteiger partial charge in [-0.2, -0.15) is 5.26 Å². The molecule has 0 fully saturated rings. The minimum Gasteiger partial charge on any atom is -0.370 e. The number of primary amides is 1. The summed E-state index contributed by atoms with van der Waals surface area (Å²) in [5.74, 6) is -0.311. The summed E-state index contributed by atoms with van der Waals surface area (Å²) in [6.07, 6.45) is 1.32. The molecule has 12 heavy (non-hydrogen) atoms. The number of rotatable bonds is 6. The Labute approximate surface area is 72.9 Å². The van der Waals surface area contributed by atoms with E-state index in [9.17, 15) is 4.79 Å². The molecular formula is C8H15N3O. The number of hydrogen-bond donors (Lipinski definition) is 1. The van der Waals surface area contributed by atoms with E-state index in [-0.39, 0.29) is 5.91 Å². The molecule has 0 heterocycles. The quantitative estimate of drug-likeness (QED) is 0.573. The Morgan fingerprint density at radius 3 is 2.67 bits per heavy atom. The van der Waals surface area contributed by atoms with Gasteiger partial charge in [0.05, 0.1) is 12.6 Å². The largest absolute Gasteiger partial charge is 0.370 e. The Morgan fingerprint density at radius 2 is 2.25 bits per heavy atom. The Hall–Kier alpha value is -1.08. The molecule has 0 aliphatic rings. The van der Waals surface area contributed by atoms with Crippen molar-refractivity contribution in [2.24, 2.45) is 5.73 Å².